The second-order valence-corrected chi connectivity index (χ2v) is 8.34. The Morgan fingerprint density at radius 2 is 1.89 bits per heavy atom. The van der Waals surface area contributed by atoms with E-state index in [9.17, 15) is 8.42 Å². The molecule has 1 aliphatic heterocycles. The van der Waals surface area contributed by atoms with Crippen molar-refractivity contribution in [2.24, 2.45) is 10.1 Å². The van der Waals surface area contributed by atoms with Crippen LogP contribution in [-0.2, 0) is 10.2 Å². The first kappa shape index (κ1) is 18.9. The molecule has 2 heterocycles. The van der Waals surface area contributed by atoms with Crippen LogP contribution in [0.4, 0.5) is 11.6 Å². The lowest BCUT2D eigenvalue weighted by atomic mass is 10.1. The molecule has 10 heteroatoms. The van der Waals surface area contributed by atoms with Gasteiger partial charge in [-0.05, 0) is 45.9 Å². The Hall–Kier alpha value is -2.88. The Kier molecular flexibility index (Phi) is 4.68. The number of nitrogens with one attached hydrogen (secondary N) is 2. The lowest BCUT2D eigenvalue weighted by molar-refractivity contribution is 0.255. The third kappa shape index (κ3) is 4.45. The maximum Gasteiger partial charge on any atom is 0.344 e. The monoisotopic (exact) mass is 390 g/mol. The molecule has 0 radical (unpaired) electrons. The van der Waals surface area contributed by atoms with Crippen molar-refractivity contribution in [3.8, 4) is 5.75 Å². The van der Waals surface area contributed by atoms with Crippen LogP contribution in [0.25, 0.3) is 0 Å². The molecular formula is C17H22N6O3S. The molecule has 0 bridgehead atoms. The number of aryl methyl sites for hydroxylation is 2. The molecule has 1 aromatic carbocycles. The number of benzene rings is 1. The molecular weight excluding hydrogens is 368 g/mol. The van der Waals surface area contributed by atoms with E-state index in [1.807, 2.05) is 33.8 Å². The third-order valence-electron chi connectivity index (χ3n) is 3.76. The van der Waals surface area contributed by atoms with E-state index in [-0.39, 0.29) is 12.4 Å². The third-order valence-corrected chi connectivity index (χ3v) is 4.68. The van der Waals surface area contributed by atoms with Gasteiger partial charge in [0.05, 0.1) is 16.8 Å². The molecule has 0 unspecified atom stereocenters. The van der Waals surface area contributed by atoms with Crippen molar-refractivity contribution in [1.82, 2.24) is 9.97 Å². The average Bonchev–Trinajstić information content (AvgIpc) is 2.49. The number of hydrogen-bond donors (Lipinski definition) is 3. The molecule has 0 spiro atoms. The zero-order chi connectivity index (χ0) is 19.8. The Bertz CT molecular complexity index is 997. The zero-order valence-corrected chi connectivity index (χ0v) is 16.4. The molecule has 0 amide bonds. The Balaban J connectivity index is 1.79. The molecule has 2 aromatic rings. The van der Waals surface area contributed by atoms with Crippen molar-refractivity contribution < 1.29 is 13.2 Å². The quantitative estimate of drug-likeness (QED) is 0.708. The highest BCUT2D eigenvalue weighted by Crippen LogP contribution is 2.31. The molecule has 9 nitrogen and oxygen atoms in total. The normalized spacial score (nSPS) is 15.3. The number of fused-ring (bicyclic) bond motifs is 1. The Morgan fingerprint density at radius 1 is 1.22 bits per heavy atom. The van der Waals surface area contributed by atoms with Crippen molar-refractivity contribution >= 4 is 27.7 Å². The van der Waals surface area contributed by atoms with Gasteiger partial charge in [0, 0.05) is 11.4 Å². The van der Waals surface area contributed by atoms with Crippen LogP contribution >= 0.6 is 0 Å². The molecule has 0 atom stereocenters. The highest BCUT2D eigenvalue weighted by atomic mass is 32.2. The maximum atomic E-state index is 11.7. The molecule has 0 fully saturated rings. The van der Waals surface area contributed by atoms with E-state index in [4.69, 9.17) is 10.5 Å². The van der Waals surface area contributed by atoms with E-state index in [1.54, 1.807) is 18.2 Å². The predicted molar refractivity (Wildman–Crippen MR) is 104 cm³/mol. The number of amidine groups is 1. The van der Waals surface area contributed by atoms with Crippen LogP contribution < -0.4 is 20.5 Å². The molecule has 1 aliphatic rings. The van der Waals surface area contributed by atoms with E-state index >= 15 is 0 Å². The molecule has 1 aromatic heterocycles. The summed E-state index contributed by atoms with van der Waals surface area (Å²) >= 11 is 0. The van der Waals surface area contributed by atoms with Crippen molar-refractivity contribution in [2.75, 3.05) is 16.6 Å². The molecule has 0 saturated heterocycles. The van der Waals surface area contributed by atoms with Crippen molar-refractivity contribution in [1.29, 1.82) is 0 Å². The summed E-state index contributed by atoms with van der Waals surface area (Å²) in [5, 5.41) is 3.25. The highest BCUT2D eigenvalue weighted by molar-refractivity contribution is 7.91. The van der Waals surface area contributed by atoms with Gasteiger partial charge >= 0.3 is 10.2 Å². The maximum absolute atomic E-state index is 11.7. The van der Waals surface area contributed by atoms with Gasteiger partial charge in [-0.3, -0.25) is 4.72 Å². The number of nitrogens with zero attached hydrogens (tertiary/aromatic N) is 3. The Labute approximate surface area is 158 Å². The Morgan fingerprint density at radius 3 is 2.56 bits per heavy atom. The van der Waals surface area contributed by atoms with E-state index in [0.29, 0.717) is 22.9 Å². The van der Waals surface area contributed by atoms with Gasteiger partial charge in [-0.15, -0.1) is 4.40 Å². The van der Waals surface area contributed by atoms with Crippen molar-refractivity contribution in [3.63, 3.8) is 0 Å². The first-order valence-corrected chi connectivity index (χ1v) is 9.73. The van der Waals surface area contributed by atoms with Crippen molar-refractivity contribution in [2.45, 2.75) is 33.2 Å². The smallest absolute Gasteiger partial charge is 0.344 e. The van der Waals surface area contributed by atoms with Crippen LogP contribution in [0.15, 0.2) is 28.7 Å². The van der Waals surface area contributed by atoms with E-state index < -0.39 is 15.7 Å². The van der Waals surface area contributed by atoms with Gasteiger partial charge in [0.15, 0.2) is 5.84 Å². The SMILES string of the molecule is Cc1cc(C)nc(NC(C)(C)COc2cccc3c2C(N)=NS(=O)(=O)N3)n1. The summed E-state index contributed by atoms with van der Waals surface area (Å²) in [4.78, 5) is 8.76. The van der Waals surface area contributed by atoms with Crippen LogP contribution in [0.3, 0.4) is 0 Å². The molecule has 0 aliphatic carbocycles. The van der Waals surface area contributed by atoms with Gasteiger partial charge in [0.1, 0.15) is 12.4 Å². The van der Waals surface area contributed by atoms with Gasteiger partial charge in [0.2, 0.25) is 5.95 Å². The highest BCUT2D eigenvalue weighted by Gasteiger charge is 2.26. The first-order valence-electron chi connectivity index (χ1n) is 8.29. The molecule has 27 heavy (non-hydrogen) atoms. The van der Waals surface area contributed by atoms with Gasteiger partial charge < -0.3 is 15.8 Å². The van der Waals surface area contributed by atoms with Crippen LogP contribution in [0.1, 0.15) is 30.8 Å². The fourth-order valence-electron chi connectivity index (χ4n) is 2.72. The van der Waals surface area contributed by atoms with Crippen molar-refractivity contribution in [3.05, 3.63) is 41.2 Å². The summed E-state index contributed by atoms with van der Waals surface area (Å²) in [6.07, 6.45) is 0. The number of rotatable bonds is 5. The van der Waals surface area contributed by atoms with E-state index in [2.05, 4.69) is 24.4 Å². The van der Waals surface area contributed by atoms with Crippen LogP contribution in [-0.4, -0.2) is 36.4 Å². The fraction of sp³-hybridized carbons (Fsp3) is 0.353. The summed E-state index contributed by atoms with van der Waals surface area (Å²) in [7, 11) is -3.83. The second-order valence-electron chi connectivity index (χ2n) is 7.00. The minimum absolute atomic E-state index is 0.109. The lowest BCUT2D eigenvalue weighted by Crippen LogP contribution is -2.39. The van der Waals surface area contributed by atoms with Gasteiger partial charge in [0.25, 0.3) is 0 Å². The largest absolute Gasteiger partial charge is 0.490 e. The molecule has 3 rings (SSSR count). The number of ether oxygens (including phenoxy) is 1. The first-order chi connectivity index (χ1) is 12.5. The minimum atomic E-state index is -3.83. The molecule has 4 N–H and O–H groups in total. The van der Waals surface area contributed by atoms with Crippen LogP contribution in [0.5, 0.6) is 5.75 Å². The summed E-state index contributed by atoms with van der Waals surface area (Å²) in [6, 6.07) is 6.90. The van der Waals surface area contributed by atoms with Crippen LogP contribution in [0.2, 0.25) is 0 Å². The van der Waals surface area contributed by atoms with Gasteiger partial charge in [-0.1, -0.05) is 6.07 Å². The number of nitrogens with two attached hydrogens (primary N) is 1. The van der Waals surface area contributed by atoms with Crippen LogP contribution in [0, 0.1) is 13.8 Å². The van der Waals surface area contributed by atoms with Gasteiger partial charge in [-0.2, -0.15) is 8.42 Å². The topological polar surface area (TPSA) is 132 Å². The summed E-state index contributed by atoms with van der Waals surface area (Å²) in [5.41, 5.74) is 7.84. The molecule has 144 valence electrons. The predicted octanol–water partition coefficient (Wildman–Crippen LogP) is 1.74. The summed E-state index contributed by atoms with van der Waals surface area (Å²) in [6.45, 7) is 7.97. The number of anilines is 2. The van der Waals surface area contributed by atoms with Gasteiger partial charge in [-0.25, -0.2) is 9.97 Å². The van der Waals surface area contributed by atoms with E-state index in [0.717, 1.165) is 11.4 Å². The second kappa shape index (κ2) is 6.69. The van der Waals surface area contributed by atoms with E-state index in [1.165, 1.54) is 0 Å². The standard InChI is InChI=1S/C17H22N6O3S/c1-10-8-11(2)20-16(19-10)21-17(3,4)9-26-13-7-5-6-12-14(13)15(18)23-27(24,25)22-12/h5-8,22H,9H2,1-4H3,(H2,18,23)(H,19,20,21). The summed E-state index contributed by atoms with van der Waals surface area (Å²) < 4.78 is 35.1. The lowest BCUT2D eigenvalue weighted by Gasteiger charge is -2.27. The average molecular weight is 390 g/mol. The minimum Gasteiger partial charge on any atom is -0.490 e. The fourth-order valence-corrected chi connectivity index (χ4v) is 3.56. The number of hydrogen-bond acceptors (Lipinski definition) is 7. The zero-order valence-electron chi connectivity index (χ0n) is 15.6. The number of aromatic nitrogens is 2. The summed E-state index contributed by atoms with van der Waals surface area (Å²) in [5.74, 6) is 0.847. The molecule has 0 saturated carbocycles.